The van der Waals surface area contributed by atoms with E-state index >= 15 is 0 Å². The van der Waals surface area contributed by atoms with Crippen molar-refractivity contribution in [3.63, 3.8) is 0 Å². The van der Waals surface area contributed by atoms with Crippen molar-refractivity contribution in [1.29, 1.82) is 0 Å². The lowest BCUT2D eigenvalue weighted by molar-refractivity contribution is 0.584. The van der Waals surface area contributed by atoms with E-state index in [2.05, 4.69) is 21.2 Å². The van der Waals surface area contributed by atoms with Gasteiger partial charge in [0.05, 0.1) is 0 Å². The highest BCUT2D eigenvalue weighted by Crippen LogP contribution is 2.25. The van der Waals surface area contributed by atoms with Crippen LogP contribution in [0.3, 0.4) is 0 Å². The summed E-state index contributed by atoms with van der Waals surface area (Å²) in [5, 5.41) is 3.83. The summed E-state index contributed by atoms with van der Waals surface area (Å²) in [7, 11) is 1.89. The number of nitrogens with one attached hydrogen (secondary N) is 1. The lowest BCUT2D eigenvalue weighted by Crippen LogP contribution is -2.19. The van der Waals surface area contributed by atoms with Gasteiger partial charge in [-0.05, 0) is 54.9 Å². The van der Waals surface area contributed by atoms with E-state index in [1.54, 1.807) is 6.07 Å². The molecular formula is C15H14BrClFN. The number of rotatable bonds is 4. The highest BCUT2D eigenvalue weighted by atomic mass is 79.9. The summed E-state index contributed by atoms with van der Waals surface area (Å²) < 4.78 is 14.3. The second kappa shape index (κ2) is 6.51. The molecule has 0 heterocycles. The van der Waals surface area contributed by atoms with Crippen molar-refractivity contribution in [1.82, 2.24) is 5.32 Å². The van der Waals surface area contributed by atoms with Gasteiger partial charge >= 0.3 is 0 Å². The first kappa shape index (κ1) is 14.5. The minimum Gasteiger partial charge on any atom is -0.313 e. The lowest BCUT2D eigenvalue weighted by atomic mass is 9.99. The Morgan fingerprint density at radius 3 is 2.53 bits per heavy atom. The molecule has 1 atom stereocenters. The minimum absolute atomic E-state index is 0.104. The van der Waals surface area contributed by atoms with E-state index in [1.165, 1.54) is 12.1 Å². The van der Waals surface area contributed by atoms with Crippen LogP contribution in [0.5, 0.6) is 0 Å². The lowest BCUT2D eigenvalue weighted by Gasteiger charge is -2.17. The largest absolute Gasteiger partial charge is 0.313 e. The Balaban J connectivity index is 2.23. The summed E-state index contributed by atoms with van der Waals surface area (Å²) in [6.45, 7) is 0. The molecule has 2 aromatic rings. The van der Waals surface area contributed by atoms with E-state index in [0.29, 0.717) is 11.4 Å². The Bertz CT molecular complexity index is 557. The molecule has 0 amide bonds. The van der Waals surface area contributed by atoms with Crippen LogP contribution >= 0.6 is 27.5 Å². The third-order valence-electron chi connectivity index (χ3n) is 3.05. The molecule has 1 unspecified atom stereocenters. The fraction of sp³-hybridized carbons (Fsp3) is 0.200. The van der Waals surface area contributed by atoms with Gasteiger partial charge in [0.2, 0.25) is 0 Å². The van der Waals surface area contributed by atoms with Crippen LogP contribution in [0, 0.1) is 5.82 Å². The summed E-state index contributed by atoms with van der Waals surface area (Å²) in [5.74, 6) is -0.259. The molecule has 100 valence electrons. The smallest absolute Gasteiger partial charge is 0.123 e. The fourth-order valence-corrected chi connectivity index (χ4v) is 2.46. The molecule has 0 bridgehead atoms. The van der Waals surface area contributed by atoms with E-state index in [9.17, 15) is 4.39 Å². The Morgan fingerprint density at radius 2 is 1.89 bits per heavy atom. The van der Waals surface area contributed by atoms with Gasteiger partial charge in [-0.25, -0.2) is 4.39 Å². The van der Waals surface area contributed by atoms with Crippen LogP contribution in [0.15, 0.2) is 46.9 Å². The molecule has 0 saturated heterocycles. The minimum atomic E-state index is -0.259. The first-order chi connectivity index (χ1) is 9.10. The number of halogens is 3. The molecule has 2 aromatic carbocycles. The molecule has 0 spiro atoms. The van der Waals surface area contributed by atoms with Gasteiger partial charge in [-0.3, -0.25) is 0 Å². The second-order valence-electron chi connectivity index (χ2n) is 4.33. The van der Waals surface area contributed by atoms with Crippen LogP contribution in [0.4, 0.5) is 4.39 Å². The van der Waals surface area contributed by atoms with Crippen molar-refractivity contribution < 1.29 is 4.39 Å². The zero-order valence-corrected chi connectivity index (χ0v) is 12.8. The van der Waals surface area contributed by atoms with Gasteiger partial charge in [0.15, 0.2) is 0 Å². The van der Waals surface area contributed by atoms with Gasteiger partial charge in [-0.1, -0.05) is 39.7 Å². The summed E-state index contributed by atoms with van der Waals surface area (Å²) in [6.07, 6.45) is 0.648. The SMILES string of the molecule is CNC(Cc1cc(F)ccc1Cl)c1ccc(Br)cc1. The molecule has 0 aliphatic heterocycles. The van der Waals surface area contributed by atoms with Crippen LogP contribution in [0.1, 0.15) is 17.2 Å². The monoisotopic (exact) mass is 341 g/mol. The van der Waals surface area contributed by atoms with E-state index in [1.807, 2.05) is 31.3 Å². The maximum absolute atomic E-state index is 13.3. The maximum Gasteiger partial charge on any atom is 0.123 e. The standard InChI is InChI=1S/C15H14BrClFN/c1-19-15(10-2-4-12(16)5-3-10)9-11-8-13(18)6-7-14(11)17/h2-8,15,19H,9H2,1H3. The predicted octanol–water partition coefficient (Wildman–Crippen LogP) is 4.74. The average molecular weight is 343 g/mol. The van der Waals surface area contributed by atoms with Crippen molar-refractivity contribution in [2.45, 2.75) is 12.5 Å². The molecule has 0 aliphatic carbocycles. The van der Waals surface area contributed by atoms with E-state index in [-0.39, 0.29) is 11.9 Å². The highest BCUT2D eigenvalue weighted by Gasteiger charge is 2.12. The summed E-state index contributed by atoms with van der Waals surface area (Å²) in [4.78, 5) is 0. The summed E-state index contributed by atoms with van der Waals surface area (Å²) in [5.41, 5.74) is 1.95. The molecular weight excluding hydrogens is 329 g/mol. The van der Waals surface area contributed by atoms with Gasteiger partial charge in [-0.15, -0.1) is 0 Å². The van der Waals surface area contributed by atoms with E-state index < -0.39 is 0 Å². The second-order valence-corrected chi connectivity index (χ2v) is 5.66. The van der Waals surface area contributed by atoms with Crippen molar-refractivity contribution in [2.75, 3.05) is 7.05 Å². The Kier molecular flexibility index (Phi) is 4.97. The van der Waals surface area contributed by atoms with Crippen LogP contribution in [0.2, 0.25) is 5.02 Å². The van der Waals surface area contributed by atoms with Crippen LogP contribution in [0.25, 0.3) is 0 Å². The third kappa shape index (κ3) is 3.78. The zero-order chi connectivity index (χ0) is 13.8. The molecule has 0 fully saturated rings. The Morgan fingerprint density at radius 1 is 1.21 bits per heavy atom. The van der Waals surface area contributed by atoms with Crippen LogP contribution in [-0.4, -0.2) is 7.05 Å². The first-order valence-electron chi connectivity index (χ1n) is 5.97. The molecule has 0 saturated carbocycles. The number of likely N-dealkylation sites (N-methyl/N-ethyl adjacent to an activating group) is 1. The van der Waals surface area contributed by atoms with Crippen LogP contribution in [-0.2, 0) is 6.42 Å². The molecule has 2 rings (SSSR count). The Hall–Kier alpha value is -0.900. The molecule has 0 aliphatic rings. The zero-order valence-electron chi connectivity index (χ0n) is 10.5. The van der Waals surface area contributed by atoms with Crippen molar-refractivity contribution >= 4 is 27.5 Å². The first-order valence-corrected chi connectivity index (χ1v) is 7.14. The predicted molar refractivity (Wildman–Crippen MR) is 81.1 cm³/mol. The summed E-state index contributed by atoms with van der Waals surface area (Å²) in [6, 6.07) is 12.6. The number of hydrogen-bond acceptors (Lipinski definition) is 1. The van der Waals surface area contributed by atoms with Crippen molar-refractivity contribution in [3.8, 4) is 0 Å². The van der Waals surface area contributed by atoms with Gasteiger partial charge in [0.25, 0.3) is 0 Å². The van der Waals surface area contributed by atoms with Gasteiger partial charge in [0, 0.05) is 15.5 Å². The Labute approximate surface area is 125 Å². The van der Waals surface area contributed by atoms with Crippen LogP contribution < -0.4 is 5.32 Å². The fourth-order valence-electron chi connectivity index (χ4n) is 2.00. The normalized spacial score (nSPS) is 12.4. The molecule has 1 nitrogen and oxygen atoms in total. The molecule has 0 radical (unpaired) electrons. The van der Waals surface area contributed by atoms with E-state index in [0.717, 1.165) is 15.6 Å². The quantitative estimate of drug-likeness (QED) is 0.846. The maximum atomic E-state index is 13.3. The topological polar surface area (TPSA) is 12.0 Å². The molecule has 0 aromatic heterocycles. The summed E-state index contributed by atoms with van der Waals surface area (Å²) >= 11 is 9.52. The molecule has 19 heavy (non-hydrogen) atoms. The van der Waals surface area contributed by atoms with Gasteiger partial charge in [-0.2, -0.15) is 0 Å². The van der Waals surface area contributed by atoms with Crippen molar-refractivity contribution in [3.05, 3.63) is 68.9 Å². The third-order valence-corrected chi connectivity index (χ3v) is 3.95. The van der Waals surface area contributed by atoms with Gasteiger partial charge in [0.1, 0.15) is 5.82 Å². The highest BCUT2D eigenvalue weighted by molar-refractivity contribution is 9.10. The molecule has 4 heteroatoms. The number of benzene rings is 2. The van der Waals surface area contributed by atoms with E-state index in [4.69, 9.17) is 11.6 Å². The average Bonchev–Trinajstić information content (AvgIpc) is 2.41. The molecule has 1 N–H and O–H groups in total. The number of hydrogen-bond donors (Lipinski definition) is 1. The van der Waals surface area contributed by atoms with Gasteiger partial charge < -0.3 is 5.32 Å². The van der Waals surface area contributed by atoms with Crippen molar-refractivity contribution in [2.24, 2.45) is 0 Å².